The van der Waals surface area contributed by atoms with Gasteiger partial charge in [-0.2, -0.15) is 0 Å². The van der Waals surface area contributed by atoms with E-state index in [-0.39, 0.29) is 11.9 Å². The predicted octanol–water partition coefficient (Wildman–Crippen LogP) is 3.58. The van der Waals surface area contributed by atoms with E-state index in [0.717, 1.165) is 31.6 Å². The van der Waals surface area contributed by atoms with Gasteiger partial charge in [-0.25, -0.2) is 4.79 Å². The Morgan fingerprint density at radius 3 is 2.47 bits per heavy atom. The molecule has 2 saturated heterocycles. The molecule has 7 heteroatoms. The van der Waals surface area contributed by atoms with Gasteiger partial charge in [0, 0.05) is 44.8 Å². The summed E-state index contributed by atoms with van der Waals surface area (Å²) < 4.78 is 5.19. The predicted molar refractivity (Wildman–Crippen MR) is 117 cm³/mol. The van der Waals surface area contributed by atoms with Gasteiger partial charge in [0.25, 0.3) is 5.91 Å². The Labute approximate surface area is 182 Å². The molecule has 1 aromatic carbocycles. The Kier molecular flexibility index (Phi) is 6.51. The number of benzene rings is 1. The number of hydrogen-bond donors (Lipinski definition) is 0. The second kappa shape index (κ2) is 9.29. The molecule has 0 atom stereocenters. The summed E-state index contributed by atoms with van der Waals surface area (Å²) in [4.78, 5) is 33.9. The molecule has 2 aromatic rings. The number of carbonyl (C=O) groups is 2. The number of likely N-dealkylation sites (tertiary alicyclic amines) is 1. The molecule has 0 unspecified atom stereocenters. The van der Waals surface area contributed by atoms with Crippen LogP contribution in [-0.2, 0) is 22.6 Å². The molecule has 2 fully saturated rings. The van der Waals surface area contributed by atoms with Gasteiger partial charge in [-0.3, -0.25) is 14.6 Å². The average molecular weight is 428 g/mol. The highest BCUT2D eigenvalue weighted by molar-refractivity contribution is 7.09. The maximum atomic E-state index is 13.6. The SMILES string of the molecule is COCCCN1C(=O)N(Cc2ccccc2)C(=O)C12CCN(Cc1cccs1)CC2. The minimum Gasteiger partial charge on any atom is -0.385 e. The third-order valence-electron chi connectivity index (χ3n) is 6.18. The minimum atomic E-state index is -0.717. The summed E-state index contributed by atoms with van der Waals surface area (Å²) in [5, 5.41) is 2.10. The van der Waals surface area contributed by atoms with E-state index in [1.807, 2.05) is 35.2 Å². The number of amides is 3. The van der Waals surface area contributed by atoms with E-state index in [1.165, 1.54) is 9.78 Å². The molecule has 0 N–H and O–H groups in total. The van der Waals surface area contributed by atoms with Crippen molar-refractivity contribution in [2.75, 3.05) is 33.4 Å². The van der Waals surface area contributed by atoms with Crippen LogP contribution in [-0.4, -0.2) is 65.5 Å². The van der Waals surface area contributed by atoms with Crippen molar-refractivity contribution in [3.63, 3.8) is 0 Å². The normalized spacial score (nSPS) is 19.2. The fourth-order valence-corrected chi connectivity index (χ4v) is 5.30. The number of urea groups is 1. The molecular formula is C23H29N3O3S. The fourth-order valence-electron chi connectivity index (χ4n) is 4.55. The summed E-state index contributed by atoms with van der Waals surface area (Å²) in [6.07, 6.45) is 2.10. The van der Waals surface area contributed by atoms with Gasteiger partial charge < -0.3 is 9.64 Å². The molecule has 4 rings (SSSR count). The van der Waals surface area contributed by atoms with E-state index in [4.69, 9.17) is 4.74 Å². The van der Waals surface area contributed by atoms with Gasteiger partial charge in [-0.15, -0.1) is 11.3 Å². The van der Waals surface area contributed by atoms with E-state index in [2.05, 4.69) is 22.4 Å². The number of carbonyl (C=O) groups excluding carboxylic acids is 2. The number of ether oxygens (including phenoxy) is 1. The third-order valence-corrected chi connectivity index (χ3v) is 7.04. The molecule has 2 aliphatic heterocycles. The second-order valence-electron chi connectivity index (χ2n) is 8.04. The molecule has 3 amide bonds. The highest BCUT2D eigenvalue weighted by Crippen LogP contribution is 2.38. The Bertz CT molecular complexity index is 848. The molecule has 1 spiro atoms. The molecule has 0 saturated carbocycles. The lowest BCUT2D eigenvalue weighted by Crippen LogP contribution is -2.56. The average Bonchev–Trinajstić information content (AvgIpc) is 3.34. The van der Waals surface area contributed by atoms with Crippen molar-refractivity contribution >= 4 is 23.3 Å². The first kappa shape index (κ1) is 21.0. The van der Waals surface area contributed by atoms with Gasteiger partial charge in [0.1, 0.15) is 5.54 Å². The molecule has 3 heterocycles. The van der Waals surface area contributed by atoms with E-state index in [1.54, 1.807) is 18.4 Å². The standard InChI is InChI=1S/C23H29N3O3S/c1-29-15-6-12-26-22(28)25(17-19-7-3-2-4-8-19)21(27)23(26)10-13-24(14-11-23)18-20-9-5-16-30-20/h2-5,7-9,16H,6,10-15,17-18H2,1H3. The van der Waals surface area contributed by atoms with Gasteiger partial charge in [0.2, 0.25) is 0 Å². The molecule has 2 aliphatic rings. The molecular weight excluding hydrogens is 398 g/mol. The number of rotatable bonds is 8. The molecule has 0 radical (unpaired) electrons. The topological polar surface area (TPSA) is 53.1 Å². The van der Waals surface area contributed by atoms with Crippen LogP contribution in [0.25, 0.3) is 0 Å². The lowest BCUT2D eigenvalue weighted by atomic mass is 9.85. The van der Waals surface area contributed by atoms with Crippen molar-refractivity contribution in [3.8, 4) is 0 Å². The number of imide groups is 1. The second-order valence-corrected chi connectivity index (χ2v) is 9.08. The Morgan fingerprint density at radius 1 is 1.03 bits per heavy atom. The fraction of sp³-hybridized carbons (Fsp3) is 0.478. The quantitative estimate of drug-likeness (QED) is 0.477. The molecule has 1 aromatic heterocycles. The zero-order valence-corrected chi connectivity index (χ0v) is 18.3. The smallest absolute Gasteiger partial charge is 0.327 e. The number of nitrogens with zero attached hydrogens (tertiary/aromatic N) is 3. The van der Waals surface area contributed by atoms with E-state index in [9.17, 15) is 9.59 Å². The van der Waals surface area contributed by atoms with Gasteiger partial charge >= 0.3 is 6.03 Å². The lowest BCUT2D eigenvalue weighted by molar-refractivity contribution is -0.136. The van der Waals surface area contributed by atoms with Crippen molar-refractivity contribution in [2.24, 2.45) is 0 Å². The van der Waals surface area contributed by atoms with Crippen molar-refractivity contribution in [2.45, 2.75) is 37.9 Å². The van der Waals surface area contributed by atoms with Gasteiger partial charge in [-0.05, 0) is 36.3 Å². The van der Waals surface area contributed by atoms with E-state index >= 15 is 0 Å². The van der Waals surface area contributed by atoms with E-state index in [0.29, 0.717) is 32.5 Å². The lowest BCUT2D eigenvalue weighted by Gasteiger charge is -2.42. The van der Waals surface area contributed by atoms with Crippen LogP contribution >= 0.6 is 11.3 Å². The molecule has 160 valence electrons. The van der Waals surface area contributed by atoms with Crippen LogP contribution in [0.15, 0.2) is 47.8 Å². The third kappa shape index (κ3) is 4.15. The van der Waals surface area contributed by atoms with Crippen LogP contribution in [0.5, 0.6) is 0 Å². The Balaban J connectivity index is 1.51. The minimum absolute atomic E-state index is 0.0375. The number of methoxy groups -OCH3 is 1. The summed E-state index contributed by atoms with van der Waals surface area (Å²) in [7, 11) is 1.66. The van der Waals surface area contributed by atoms with Crippen LogP contribution in [0.4, 0.5) is 4.79 Å². The van der Waals surface area contributed by atoms with Gasteiger partial charge in [-0.1, -0.05) is 36.4 Å². The molecule has 0 bridgehead atoms. The summed E-state index contributed by atoms with van der Waals surface area (Å²) in [5.74, 6) is -0.0375. The van der Waals surface area contributed by atoms with Crippen LogP contribution in [0.2, 0.25) is 0 Å². The maximum absolute atomic E-state index is 13.6. The Hall–Kier alpha value is -2.22. The van der Waals surface area contributed by atoms with Crippen LogP contribution in [0.3, 0.4) is 0 Å². The number of thiophene rings is 1. The number of hydrogen-bond acceptors (Lipinski definition) is 5. The molecule has 0 aliphatic carbocycles. The van der Waals surface area contributed by atoms with E-state index < -0.39 is 5.54 Å². The van der Waals surface area contributed by atoms with Crippen molar-refractivity contribution in [1.82, 2.24) is 14.7 Å². The van der Waals surface area contributed by atoms with Gasteiger partial charge in [0.05, 0.1) is 6.54 Å². The van der Waals surface area contributed by atoms with Crippen LogP contribution in [0, 0.1) is 0 Å². The largest absolute Gasteiger partial charge is 0.385 e. The number of piperidine rings is 1. The Morgan fingerprint density at radius 2 is 1.80 bits per heavy atom. The highest BCUT2D eigenvalue weighted by atomic mass is 32.1. The summed E-state index contributed by atoms with van der Waals surface area (Å²) >= 11 is 1.76. The van der Waals surface area contributed by atoms with Crippen molar-refractivity contribution in [1.29, 1.82) is 0 Å². The monoisotopic (exact) mass is 427 g/mol. The zero-order chi connectivity index (χ0) is 21.0. The highest BCUT2D eigenvalue weighted by Gasteiger charge is 2.57. The van der Waals surface area contributed by atoms with Crippen molar-refractivity contribution < 1.29 is 14.3 Å². The zero-order valence-electron chi connectivity index (χ0n) is 17.5. The van der Waals surface area contributed by atoms with Gasteiger partial charge in [0.15, 0.2) is 0 Å². The summed E-state index contributed by atoms with van der Waals surface area (Å²) in [6, 6.07) is 13.8. The first-order chi connectivity index (χ1) is 14.6. The summed E-state index contributed by atoms with van der Waals surface area (Å²) in [6.45, 7) is 4.01. The molecule has 6 nitrogen and oxygen atoms in total. The first-order valence-electron chi connectivity index (χ1n) is 10.6. The molecule has 30 heavy (non-hydrogen) atoms. The van der Waals surface area contributed by atoms with Crippen LogP contribution < -0.4 is 0 Å². The first-order valence-corrected chi connectivity index (χ1v) is 11.4. The maximum Gasteiger partial charge on any atom is 0.327 e. The summed E-state index contributed by atoms with van der Waals surface area (Å²) in [5.41, 5.74) is 0.258. The van der Waals surface area contributed by atoms with Crippen molar-refractivity contribution in [3.05, 3.63) is 58.3 Å². The van der Waals surface area contributed by atoms with Crippen LogP contribution in [0.1, 0.15) is 29.7 Å².